The molecule has 1 saturated heterocycles. The van der Waals surface area contributed by atoms with Crippen LogP contribution in [0.5, 0.6) is 0 Å². The van der Waals surface area contributed by atoms with E-state index >= 15 is 0 Å². The molecule has 2 rings (SSSR count). The Kier molecular flexibility index (Phi) is 5.31. The van der Waals surface area contributed by atoms with E-state index in [2.05, 4.69) is 41.0 Å². The molecule has 1 aliphatic heterocycles. The second-order valence-corrected chi connectivity index (χ2v) is 5.87. The summed E-state index contributed by atoms with van der Waals surface area (Å²) in [7, 11) is 1.76. The second-order valence-electron chi connectivity index (χ2n) is 5.87. The molecule has 0 aliphatic carbocycles. The quantitative estimate of drug-likeness (QED) is 0.859. The van der Waals surface area contributed by atoms with Crippen LogP contribution in [0.4, 0.5) is 5.95 Å². The maximum atomic E-state index is 5.23. The number of anilines is 1. The predicted octanol–water partition coefficient (Wildman–Crippen LogP) is 1.76. The summed E-state index contributed by atoms with van der Waals surface area (Å²) in [5.74, 6) is 1.46. The second kappa shape index (κ2) is 6.99. The van der Waals surface area contributed by atoms with Gasteiger partial charge in [-0.3, -0.25) is 0 Å². The number of nitrogens with zero attached hydrogens (tertiary/aromatic N) is 3. The Morgan fingerprint density at radius 3 is 2.95 bits per heavy atom. The summed E-state index contributed by atoms with van der Waals surface area (Å²) in [4.78, 5) is 11.4. The fourth-order valence-corrected chi connectivity index (χ4v) is 2.51. The standard InChI is InChI=1S/C15H26N4O/c1-11(2)16-7-14-8-17-15(18-12(14)3)19-6-5-13(9-19)10-20-4/h8,11,13,16H,5-7,9-10H2,1-4H3. The van der Waals surface area contributed by atoms with E-state index < -0.39 is 0 Å². The van der Waals surface area contributed by atoms with Crippen LogP contribution in [-0.4, -0.2) is 42.8 Å². The van der Waals surface area contributed by atoms with E-state index in [1.807, 2.05) is 6.20 Å². The van der Waals surface area contributed by atoms with Gasteiger partial charge >= 0.3 is 0 Å². The third-order valence-electron chi connectivity index (χ3n) is 3.74. The van der Waals surface area contributed by atoms with Gasteiger partial charge in [0, 0.05) is 56.2 Å². The molecule has 0 spiro atoms. The predicted molar refractivity (Wildman–Crippen MR) is 80.9 cm³/mol. The molecule has 2 heterocycles. The van der Waals surface area contributed by atoms with Crippen molar-refractivity contribution >= 4 is 5.95 Å². The first-order valence-corrected chi connectivity index (χ1v) is 7.40. The SMILES string of the molecule is COCC1CCN(c2ncc(CNC(C)C)c(C)n2)C1. The van der Waals surface area contributed by atoms with E-state index in [1.165, 1.54) is 5.56 Å². The molecule has 1 fully saturated rings. The van der Waals surface area contributed by atoms with Crippen molar-refractivity contribution in [3.63, 3.8) is 0 Å². The van der Waals surface area contributed by atoms with E-state index in [-0.39, 0.29) is 0 Å². The molecule has 1 aromatic rings. The van der Waals surface area contributed by atoms with Crippen molar-refractivity contribution in [1.29, 1.82) is 0 Å². The fraction of sp³-hybridized carbons (Fsp3) is 0.733. The van der Waals surface area contributed by atoms with Crippen LogP contribution in [0.25, 0.3) is 0 Å². The number of aryl methyl sites for hydroxylation is 1. The molecular formula is C15H26N4O. The molecule has 1 aromatic heterocycles. The van der Waals surface area contributed by atoms with Gasteiger partial charge in [0.05, 0.1) is 6.61 Å². The van der Waals surface area contributed by atoms with Crippen molar-refractivity contribution in [3.05, 3.63) is 17.5 Å². The smallest absolute Gasteiger partial charge is 0.225 e. The number of hydrogen-bond donors (Lipinski definition) is 1. The first-order chi connectivity index (χ1) is 9.60. The molecule has 20 heavy (non-hydrogen) atoms. The summed E-state index contributed by atoms with van der Waals surface area (Å²) in [6.45, 7) is 10.0. The number of hydrogen-bond acceptors (Lipinski definition) is 5. The highest BCUT2D eigenvalue weighted by Gasteiger charge is 2.24. The van der Waals surface area contributed by atoms with Crippen molar-refractivity contribution in [2.24, 2.45) is 5.92 Å². The lowest BCUT2D eigenvalue weighted by atomic mass is 10.1. The molecule has 0 amide bonds. The van der Waals surface area contributed by atoms with Crippen LogP contribution in [0.15, 0.2) is 6.20 Å². The summed E-state index contributed by atoms with van der Waals surface area (Å²) >= 11 is 0. The molecule has 112 valence electrons. The first-order valence-electron chi connectivity index (χ1n) is 7.40. The zero-order valence-electron chi connectivity index (χ0n) is 13.0. The van der Waals surface area contributed by atoms with Crippen LogP contribution < -0.4 is 10.2 Å². The highest BCUT2D eigenvalue weighted by molar-refractivity contribution is 5.34. The van der Waals surface area contributed by atoms with Gasteiger partial charge < -0.3 is 15.0 Å². The Bertz CT molecular complexity index is 436. The van der Waals surface area contributed by atoms with Crippen LogP contribution >= 0.6 is 0 Å². The molecule has 1 atom stereocenters. The Labute approximate surface area is 121 Å². The zero-order valence-corrected chi connectivity index (χ0v) is 13.0. The van der Waals surface area contributed by atoms with Gasteiger partial charge in [-0.05, 0) is 13.3 Å². The fourth-order valence-electron chi connectivity index (χ4n) is 2.51. The zero-order chi connectivity index (χ0) is 14.5. The number of ether oxygens (including phenoxy) is 1. The van der Waals surface area contributed by atoms with Gasteiger partial charge in [-0.2, -0.15) is 0 Å². The first kappa shape index (κ1) is 15.2. The summed E-state index contributed by atoms with van der Waals surface area (Å²) in [6, 6.07) is 0.475. The van der Waals surface area contributed by atoms with Crippen molar-refractivity contribution < 1.29 is 4.74 Å². The van der Waals surface area contributed by atoms with E-state index in [0.29, 0.717) is 12.0 Å². The van der Waals surface area contributed by atoms with E-state index in [9.17, 15) is 0 Å². The van der Waals surface area contributed by atoms with Gasteiger partial charge in [0.1, 0.15) is 0 Å². The summed E-state index contributed by atoms with van der Waals surface area (Å²) in [6.07, 6.45) is 3.11. The number of methoxy groups -OCH3 is 1. The molecule has 0 bridgehead atoms. The Balaban J connectivity index is 1.98. The van der Waals surface area contributed by atoms with Gasteiger partial charge in [0.2, 0.25) is 5.95 Å². The third-order valence-corrected chi connectivity index (χ3v) is 3.74. The summed E-state index contributed by atoms with van der Waals surface area (Å²) < 4.78 is 5.23. The largest absolute Gasteiger partial charge is 0.384 e. The Hall–Kier alpha value is -1.20. The van der Waals surface area contributed by atoms with Crippen LogP contribution in [0.1, 0.15) is 31.5 Å². The van der Waals surface area contributed by atoms with Crippen molar-refractivity contribution in [1.82, 2.24) is 15.3 Å². The number of aromatic nitrogens is 2. The van der Waals surface area contributed by atoms with Crippen molar-refractivity contribution in [2.45, 2.75) is 39.8 Å². The molecule has 1 aliphatic rings. The summed E-state index contributed by atoms with van der Waals surface area (Å²) in [5.41, 5.74) is 2.24. The molecule has 5 nitrogen and oxygen atoms in total. The van der Waals surface area contributed by atoms with E-state index in [4.69, 9.17) is 4.74 Å². The van der Waals surface area contributed by atoms with Crippen LogP contribution in [0.3, 0.4) is 0 Å². The minimum Gasteiger partial charge on any atom is -0.384 e. The summed E-state index contributed by atoms with van der Waals surface area (Å²) in [5, 5.41) is 3.41. The molecule has 1 N–H and O–H groups in total. The Morgan fingerprint density at radius 2 is 2.30 bits per heavy atom. The minimum atomic E-state index is 0.475. The van der Waals surface area contributed by atoms with Gasteiger partial charge in [0.15, 0.2) is 0 Å². The lowest BCUT2D eigenvalue weighted by Crippen LogP contribution is -2.25. The van der Waals surface area contributed by atoms with Crippen molar-refractivity contribution in [2.75, 3.05) is 31.7 Å². The lowest BCUT2D eigenvalue weighted by Gasteiger charge is -2.18. The van der Waals surface area contributed by atoms with Gasteiger partial charge in [0.25, 0.3) is 0 Å². The van der Waals surface area contributed by atoms with E-state index in [0.717, 1.165) is 44.3 Å². The van der Waals surface area contributed by atoms with Gasteiger partial charge in [-0.25, -0.2) is 9.97 Å². The topological polar surface area (TPSA) is 50.3 Å². The molecule has 0 radical (unpaired) electrons. The van der Waals surface area contributed by atoms with Gasteiger partial charge in [-0.1, -0.05) is 13.8 Å². The number of nitrogens with one attached hydrogen (secondary N) is 1. The minimum absolute atomic E-state index is 0.475. The maximum absolute atomic E-state index is 5.23. The van der Waals surface area contributed by atoms with Crippen LogP contribution in [0, 0.1) is 12.8 Å². The monoisotopic (exact) mass is 278 g/mol. The normalized spacial score (nSPS) is 19.1. The lowest BCUT2D eigenvalue weighted by molar-refractivity contribution is 0.161. The van der Waals surface area contributed by atoms with E-state index in [1.54, 1.807) is 7.11 Å². The highest BCUT2D eigenvalue weighted by Crippen LogP contribution is 2.21. The average molecular weight is 278 g/mol. The molecular weight excluding hydrogens is 252 g/mol. The van der Waals surface area contributed by atoms with Crippen LogP contribution in [-0.2, 0) is 11.3 Å². The van der Waals surface area contributed by atoms with Gasteiger partial charge in [-0.15, -0.1) is 0 Å². The molecule has 5 heteroatoms. The van der Waals surface area contributed by atoms with Crippen LogP contribution in [0.2, 0.25) is 0 Å². The molecule has 0 aromatic carbocycles. The number of rotatable bonds is 6. The third kappa shape index (κ3) is 3.90. The molecule has 0 saturated carbocycles. The Morgan fingerprint density at radius 1 is 1.50 bits per heavy atom. The molecule has 1 unspecified atom stereocenters. The maximum Gasteiger partial charge on any atom is 0.225 e. The average Bonchev–Trinajstić information content (AvgIpc) is 2.86. The highest BCUT2D eigenvalue weighted by atomic mass is 16.5. The van der Waals surface area contributed by atoms with Crippen molar-refractivity contribution in [3.8, 4) is 0 Å².